The summed E-state index contributed by atoms with van der Waals surface area (Å²) in [6.07, 6.45) is 4.76. The lowest BCUT2D eigenvalue weighted by molar-refractivity contribution is -0.128. The number of carbonyl (C=O) groups is 1. The zero-order valence-electron chi connectivity index (χ0n) is 12.3. The first-order valence-corrected chi connectivity index (χ1v) is 8.34. The van der Waals surface area contributed by atoms with Gasteiger partial charge in [-0.25, -0.2) is 0 Å². The Morgan fingerprint density at radius 2 is 2.05 bits per heavy atom. The predicted molar refractivity (Wildman–Crippen MR) is 90.6 cm³/mol. The number of amides is 1. The predicted octanol–water partition coefficient (Wildman–Crippen LogP) is 3.41. The van der Waals surface area contributed by atoms with Crippen LogP contribution in [0.3, 0.4) is 0 Å². The van der Waals surface area contributed by atoms with Crippen LogP contribution in [-0.4, -0.2) is 35.1 Å². The molecule has 3 nitrogen and oxygen atoms in total. The van der Waals surface area contributed by atoms with E-state index in [1.807, 2.05) is 30.3 Å². The van der Waals surface area contributed by atoms with Crippen molar-refractivity contribution >= 4 is 23.3 Å². The standard InChI is InChI=1S/C18H19NO2S/c20-15-7-4-12-19(13-15)18(21)11-9-16-8-10-17(22-16)14-5-2-1-3-6-14/h1-3,5-6,8-11,15,20H,4,7,12-13H2. The molecule has 114 valence electrons. The number of benzene rings is 1. The number of nitrogens with zero attached hydrogens (tertiary/aromatic N) is 1. The van der Waals surface area contributed by atoms with E-state index < -0.39 is 0 Å². The molecular formula is C18H19NO2S. The number of hydrogen-bond donors (Lipinski definition) is 1. The van der Waals surface area contributed by atoms with E-state index in [9.17, 15) is 9.90 Å². The van der Waals surface area contributed by atoms with Gasteiger partial charge in [-0.2, -0.15) is 0 Å². The molecule has 1 amide bonds. The second-order valence-electron chi connectivity index (χ2n) is 5.48. The van der Waals surface area contributed by atoms with Gasteiger partial charge in [0.1, 0.15) is 0 Å². The minimum Gasteiger partial charge on any atom is -0.391 e. The molecule has 1 unspecified atom stereocenters. The lowest BCUT2D eigenvalue weighted by Crippen LogP contribution is -2.41. The molecule has 2 heterocycles. The first kappa shape index (κ1) is 15.0. The summed E-state index contributed by atoms with van der Waals surface area (Å²) in [6, 6.07) is 14.3. The second-order valence-corrected chi connectivity index (χ2v) is 6.60. The maximum Gasteiger partial charge on any atom is 0.246 e. The summed E-state index contributed by atoms with van der Waals surface area (Å²) in [5.41, 5.74) is 1.19. The Balaban J connectivity index is 1.66. The molecular weight excluding hydrogens is 294 g/mol. The summed E-state index contributed by atoms with van der Waals surface area (Å²) in [5, 5.41) is 9.63. The maximum atomic E-state index is 12.1. The van der Waals surface area contributed by atoms with Crippen LogP contribution in [0.5, 0.6) is 0 Å². The Bertz CT molecular complexity index is 663. The van der Waals surface area contributed by atoms with Gasteiger partial charge in [-0.1, -0.05) is 30.3 Å². The third kappa shape index (κ3) is 3.64. The van der Waals surface area contributed by atoms with E-state index >= 15 is 0 Å². The van der Waals surface area contributed by atoms with E-state index in [1.54, 1.807) is 22.3 Å². The molecule has 0 spiro atoms. The van der Waals surface area contributed by atoms with Crippen LogP contribution in [0.15, 0.2) is 48.5 Å². The van der Waals surface area contributed by atoms with Gasteiger partial charge in [0.2, 0.25) is 5.91 Å². The summed E-state index contributed by atoms with van der Waals surface area (Å²) in [4.78, 5) is 16.1. The largest absolute Gasteiger partial charge is 0.391 e. The Kier molecular flexibility index (Phi) is 4.71. The summed E-state index contributed by atoms with van der Waals surface area (Å²) >= 11 is 1.67. The molecule has 1 aliphatic heterocycles. The molecule has 0 saturated carbocycles. The highest BCUT2D eigenvalue weighted by molar-refractivity contribution is 7.16. The fraction of sp³-hybridized carbons (Fsp3) is 0.278. The summed E-state index contributed by atoms with van der Waals surface area (Å²) in [5.74, 6) is -0.0200. The van der Waals surface area contributed by atoms with Gasteiger partial charge in [0.15, 0.2) is 0 Å². The van der Waals surface area contributed by atoms with E-state index in [4.69, 9.17) is 0 Å². The average Bonchev–Trinajstić information content (AvgIpc) is 3.02. The summed E-state index contributed by atoms with van der Waals surface area (Å²) in [6.45, 7) is 1.18. The van der Waals surface area contributed by atoms with Crippen LogP contribution in [0, 0.1) is 0 Å². The summed E-state index contributed by atoms with van der Waals surface area (Å²) < 4.78 is 0. The van der Waals surface area contributed by atoms with Gasteiger partial charge in [0, 0.05) is 28.9 Å². The first-order chi connectivity index (χ1) is 10.7. The van der Waals surface area contributed by atoms with Crippen molar-refractivity contribution in [3.8, 4) is 10.4 Å². The molecule has 1 saturated heterocycles. The van der Waals surface area contributed by atoms with Crippen molar-refractivity contribution in [2.45, 2.75) is 18.9 Å². The molecule has 1 atom stereocenters. The van der Waals surface area contributed by atoms with Crippen LogP contribution in [0.25, 0.3) is 16.5 Å². The molecule has 1 aliphatic rings. The zero-order chi connectivity index (χ0) is 15.4. The highest BCUT2D eigenvalue weighted by Crippen LogP contribution is 2.28. The average molecular weight is 313 g/mol. The van der Waals surface area contributed by atoms with Crippen LogP contribution < -0.4 is 0 Å². The Morgan fingerprint density at radius 1 is 1.23 bits per heavy atom. The quantitative estimate of drug-likeness (QED) is 0.882. The number of thiophene rings is 1. The third-order valence-electron chi connectivity index (χ3n) is 3.78. The van der Waals surface area contributed by atoms with Crippen molar-refractivity contribution in [3.05, 3.63) is 53.4 Å². The van der Waals surface area contributed by atoms with Gasteiger partial charge in [-0.3, -0.25) is 4.79 Å². The maximum absolute atomic E-state index is 12.1. The highest BCUT2D eigenvalue weighted by atomic mass is 32.1. The number of aliphatic hydroxyl groups excluding tert-OH is 1. The topological polar surface area (TPSA) is 40.5 Å². The second kappa shape index (κ2) is 6.90. The van der Waals surface area contributed by atoms with Crippen LogP contribution in [0.1, 0.15) is 17.7 Å². The van der Waals surface area contributed by atoms with Gasteiger partial charge in [-0.05, 0) is 36.6 Å². The number of β-amino-alcohol motifs (C(OH)–C–C–N with tert-alkyl or cyclic N) is 1. The van der Waals surface area contributed by atoms with E-state index in [0.717, 1.165) is 24.3 Å². The third-order valence-corrected chi connectivity index (χ3v) is 4.88. The molecule has 1 fully saturated rings. The van der Waals surface area contributed by atoms with E-state index in [0.29, 0.717) is 6.54 Å². The molecule has 0 bridgehead atoms. The number of rotatable bonds is 3. The molecule has 1 N–H and O–H groups in total. The molecule has 1 aromatic carbocycles. The molecule has 4 heteroatoms. The molecule has 0 aliphatic carbocycles. The van der Waals surface area contributed by atoms with Gasteiger partial charge >= 0.3 is 0 Å². The number of hydrogen-bond acceptors (Lipinski definition) is 3. The normalized spacial score (nSPS) is 18.8. The number of aliphatic hydroxyl groups is 1. The lowest BCUT2D eigenvalue weighted by Gasteiger charge is -2.29. The van der Waals surface area contributed by atoms with Gasteiger partial charge in [-0.15, -0.1) is 11.3 Å². The Morgan fingerprint density at radius 3 is 2.82 bits per heavy atom. The molecule has 22 heavy (non-hydrogen) atoms. The zero-order valence-corrected chi connectivity index (χ0v) is 13.1. The van der Waals surface area contributed by atoms with Crippen molar-refractivity contribution in [1.82, 2.24) is 4.90 Å². The Hall–Kier alpha value is -1.91. The van der Waals surface area contributed by atoms with Gasteiger partial charge in [0.25, 0.3) is 0 Å². The molecule has 2 aromatic rings. The van der Waals surface area contributed by atoms with Crippen LogP contribution in [-0.2, 0) is 4.79 Å². The molecule has 0 radical (unpaired) electrons. The lowest BCUT2D eigenvalue weighted by atomic mass is 10.1. The molecule has 1 aromatic heterocycles. The van der Waals surface area contributed by atoms with Crippen molar-refractivity contribution < 1.29 is 9.90 Å². The van der Waals surface area contributed by atoms with Crippen molar-refractivity contribution in [1.29, 1.82) is 0 Å². The smallest absolute Gasteiger partial charge is 0.246 e. The van der Waals surface area contributed by atoms with Gasteiger partial charge < -0.3 is 10.0 Å². The molecule has 3 rings (SSSR count). The van der Waals surface area contributed by atoms with E-state index in [2.05, 4.69) is 18.2 Å². The van der Waals surface area contributed by atoms with E-state index in [-0.39, 0.29) is 12.0 Å². The number of likely N-dealkylation sites (tertiary alicyclic amines) is 1. The number of carbonyl (C=O) groups excluding carboxylic acids is 1. The van der Waals surface area contributed by atoms with Crippen LogP contribution >= 0.6 is 11.3 Å². The SMILES string of the molecule is O=C(C=Cc1ccc(-c2ccccc2)s1)N1CCCC(O)C1. The summed E-state index contributed by atoms with van der Waals surface area (Å²) in [7, 11) is 0. The van der Waals surface area contributed by atoms with Crippen molar-refractivity contribution in [3.63, 3.8) is 0 Å². The van der Waals surface area contributed by atoms with E-state index in [1.165, 1.54) is 10.4 Å². The fourth-order valence-corrected chi connectivity index (χ4v) is 3.53. The fourth-order valence-electron chi connectivity index (χ4n) is 2.61. The highest BCUT2D eigenvalue weighted by Gasteiger charge is 2.20. The monoisotopic (exact) mass is 313 g/mol. The first-order valence-electron chi connectivity index (χ1n) is 7.53. The number of piperidine rings is 1. The minimum atomic E-state index is -0.377. The van der Waals surface area contributed by atoms with Crippen LogP contribution in [0.4, 0.5) is 0 Å². The minimum absolute atomic E-state index is 0.0200. The van der Waals surface area contributed by atoms with Crippen LogP contribution in [0.2, 0.25) is 0 Å². The van der Waals surface area contributed by atoms with Crippen molar-refractivity contribution in [2.24, 2.45) is 0 Å². The Labute approximate surface area is 134 Å². The van der Waals surface area contributed by atoms with Crippen molar-refractivity contribution in [2.75, 3.05) is 13.1 Å². The van der Waals surface area contributed by atoms with Gasteiger partial charge in [0.05, 0.1) is 6.10 Å².